The molecule has 2 nitrogen and oxygen atoms in total. The SMILES string of the molecule is C=Cc1ccc(OC(CCC)OC(C)C)cc1. The van der Waals surface area contributed by atoms with Crippen molar-refractivity contribution in [1.29, 1.82) is 0 Å². The van der Waals surface area contributed by atoms with Crippen molar-refractivity contribution in [2.45, 2.75) is 46.0 Å². The van der Waals surface area contributed by atoms with Gasteiger partial charge in [-0.25, -0.2) is 0 Å². The lowest BCUT2D eigenvalue weighted by Gasteiger charge is -2.21. The van der Waals surface area contributed by atoms with Gasteiger partial charge in [-0.2, -0.15) is 0 Å². The lowest BCUT2D eigenvalue weighted by molar-refractivity contribution is -0.111. The van der Waals surface area contributed by atoms with Crippen LogP contribution >= 0.6 is 0 Å². The standard InChI is InChI=1S/C15H22O2/c1-5-7-15(16-12(3)4)17-14-10-8-13(6-2)9-11-14/h6,8-12,15H,2,5,7H2,1,3-4H3. The van der Waals surface area contributed by atoms with Crippen molar-refractivity contribution in [2.75, 3.05) is 0 Å². The van der Waals surface area contributed by atoms with E-state index in [-0.39, 0.29) is 12.4 Å². The topological polar surface area (TPSA) is 18.5 Å². The lowest BCUT2D eigenvalue weighted by atomic mass is 10.2. The average Bonchev–Trinajstić information content (AvgIpc) is 2.29. The molecule has 1 rings (SSSR count). The van der Waals surface area contributed by atoms with E-state index in [0.29, 0.717) is 0 Å². The van der Waals surface area contributed by atoms with Gasteiger partial charge in [0, 0.05) is 6.42 Å². The first-order valence-corrected chi connectivity index (χ1v) is 6.20. The second-order valence-corrected chi connectivity index (χ2v) is 4.29. The molecular formula is C15H22O2. The highest BCUT2D eigenvalue weighted by Gasteiger charge is 2.11. The molecule has 1 aromatic carbocycles. The third-order valence-corrected chi connectivity index (χ3v) is 2.33. The van der Waals surface area contributed by atoms with Crippen molar-refractivity contribution in [3.05, 3.63) is 36.4 Å². The minimum absolute atomic E-state index is 0.158. The van der Waals surface area contributed by atoms with Crippen molar-refractivity contribution >= 4 is 6.08 Å². The van der Waals surface area contributed by atoms with E-state index in [1.165, 1.54) is 0 Å². The molecule has 0 N–H and O–H groups in total. The zero-order chi connectivity index (χ0) is 12.7. The molecule has 0 aliphatic heterocycles. The van der Waals surface area contributed by atoms with E-state index in [2.05, 4.69) is 13.5 Å². The fraction of sp³-hybridized carbons (Fsp3) is 0.467. The Bertz CT molecular complexity index is 327. The first-order valence-electron chi connectivity index (χ1n) is 6.20. The van der Waals surface area contributed by atoms with Gasteiger partial charge in [0.1, 0.15) is 5.75 Å². The molecule has 2 heteroatoms. The van der Waals surface area contributed by atoms with E-state index < -0.39 is 0 Å². The van der Waals surface area contributed by atoms with Crippen molar-refractivity contribution in [3.63, 3.8) is 0 Å². The van der Waals surface area contributed by atoms with E-state index in [0.717, 1.165) is 24.2 Å². The van der Waals surface area contributed by atoms with Gasteiger partial charge < -0.3 is 9.47 Å². The lowest BCUT2D eigenvalue weighted by Crippen LogP contribution is -2.24. The Kier molecular flexibility index (Phi) is 5.78. The molecule has 0 fully saturated rings. The van der Waals surface area contributed by atoms with Crippen LogP contribution in [0.5, 0.6) is 5.75 Å². The maximum absolute atomic E-state index is 5.81. The van der Waals surface area contributed by atoms with Gasteiger partial charge in [0.05, 0.1) is 6.10 Å². The Balaban J connectivity index is 2.61. The molecule has 1 atom stereocenters. The highest BCUT2D eigenvalue weighted by Crippen LogP contribution is 2.17. The maximum Gasteiger partial charge on any atom is 0.200 e. The summed E-state index contributed by atoms with van der Waals surface area (Å²) in [6.07, 6.45) is 3.79. The van der Waals surface area contributed by atoms with Gasteiger partial charge in [-0.15, -0.1) is 0 Å². The highest BCUT2D eigenvalue weighted by molar-refractivity contribution is 5.48. The fourth-order valence-electron chi connectivity index (χ4n) is 1.53. The van der Waals surface area contributed by atoms with Crippen molar-refractivity contribution < 1.29 is 9.47 Å². The second kappa shape index (κ2) is 7.13. The van der Waals surface area contributed by atoms with Crippen LogP contribution in [0.2, 0.25) is 0 Å². The molecule has 0 amide bonds. The van der Waals surface area contributed by atoms with Gasteiger partial charge in [0.25, 0.3) is 0 Å². The predicted octanol–water partition coefficient (Wildman–Crippen LogP) is 4.26. The van der Waals surface area contributed by atoms with Crippen LogP contribution in [-0.4, -0.2) is 12.4 Å². The van der Waals surface area contributed by atoms with Crippen LogP contribution in [0.15, 0.2) is 30.8 Å². The van der Waals surface area contributed by atoms with Gasteiger partial charge in [0.2, 0.25) is 0 Å². The molecule has 0 bridgehead atoms. The van der Waals surface area contributed by atoms with Crippen LogP contribution < -0.4 is 4.74 Å². The molecule has 0 aliphatic rings. The highest BCUT2D eigenvalue weighted by atomic mass is 16.7. The first kappa shape index (κ1) is 13.8. The largest absolute Gasteiger partial charge is 0.465 e. The van der Waals surface area contributed by atoms with E-state index in [9.17, 15) is 0 Å². The van der Waals surface area contributed by atoms with Crippen LogP contribution in [0.1, 0.15) is 39.2 Å². The fourth-order valence-corrected chi connectivity index (χ4v) is 1.53. The summed E-state index contributed by atoms with van der Waals surface area (Å²) in [6.45, 7) is 9.89. The molecule has 0 heterocycles. The predicted molar refractivity (Wildman–Crippen MR) is 72.1 cm³/mol. The van der Waals surface area contributed by atoms with Crippen LogP contribution in [0, 0.1) is 0 Å². The van der Waals surface area contributed by atoms with Crippen LogP contribution in [0.25, 0.3) is 6.08 Å². The van der Waals surface area contributed by atoms with Crippen molar-refractivity contribution in [1.82, 2.24) is 0 Å². The number of ether oxygens (including phenoxy) is 2. The minimum Gasteiger partial charge on any atom is -0.465 e. The Morgan fingerprint density at radius 2 is 1.88 bits per heavy atom. The summed E-state index contributed by atoms with van der Waals surface area (Å²) in [5.41, 5.74) is 1.09. The summed E-state index contributed by atoms with van der Waals surface area (Å²) in [6, 6.07) is 7.87. The minimum atomic E-state index is -0.158. The molecule has 0 saturated heterocycles. The smallest absolute Gasteiger partial charge is 0.200 e. The summed E-state index contributed by atoms with van der Waals surface area (Å²) in [5, 5.41) is 0. The summed E-state index contributed by atoms with van der Waals surface area (Å²) < 4.78 is 11.5. The molecule has 1 unspecified atom stereocenters. The molecule has 1 aromatic rings. The second-order valence-electron chi connectivity index (χ2n) is 4.29. The van der Waals surface area contributed by atoms with E-state index >= 15 is 0 Å². The molecule has 94 valence electrons. The third-order valence-electron chi connectivity index (χ3n) is 2.33. The van der Waals surface area contributed by atoms with Crippen LogP contribution in [0.3, 0.4) is 0 Å². The van der Waals surface area contributed by atoms with Crippen molar-refractivity contribution in [3.8, 4) is 5.75 Å². The van der Waals surface area contributed by atoms with Crippen LogP contribution in [-0.2, 0) is 4.74 Å². The number of hydrogen-bond acceptors (Lipinski definition) is 2. The summed E-state index contributed by atoms with van der Waals surface area (Å²) in [4.78, 5) is 0. The maximum atomic E-state index is 5.81. The van der Waals surface area contributed by atoms with Gasteiger partial charge in [-0.3, -0.25) is 0 Å². The van der Waals surface area contributed by atoms with Gasteiger partial charge in [-0.05, 0) is 31.5 Å². The molecule has 0 saturated carbocycles. The van der Waals surface area contributed by atoms with E-state index in [1.54, 1.807) is 0 Å². The number of benzene rings is 1. The number of rotatable bonds is 7. The monoisotopic (exact) mass is 234 g/mol. The summed E-state index contributed by atoms with van der Waals surface area (Å²) >= 11 is 0. The quantitative estimate of drug-likeness (QED) is 0.656. The molecule has 0 radical (unpaired) electrons. The summed E-state index contributed by atoms with van der Waals surface area (Å²) in [7, 11) is 0. The zero-order valence-electron chi connectivity index (χ0n) is 11.0. The zero-order valence-corrected chi connectivity index (χ0v) is 11.0. The molecule has 17 heavy (non-hydrogen) atoms. The average molecular weight is 234 g/mol. The Morgan fingerprint density at radius 3 is 2.35 bits per heavy atom. The van der Waals surface area contributed by atoms with Gasteiger partial charge in [0.15, 0.2) is 6.29 Å². The Morgan fingerprint density at radius 1 is 1.24 bits per heavy atom. The van der Waals surface area contributed by atoms with E-state index in [1.807, 2.05) is 44.2 Å². The van der Waals surface area contributed by atoms with E-state index in [4.69, 9.17) is 9.47 Å². The molecule has 0 spiro atoms. The molecular weight excluding hydrogens is 212 g/mol. The number of hydrogen-bond donors (Lipinski definition) is 0. The summed E-state index contributed by atoms with van der Waals surface area (Å²) in [5.74, 6) is 0.842. The first-order chi connectivity index (χ1) is 8.15. The van der Waals surface area contributed by atoms with Crippen LogP contribution in [0.4, 0.5) is 0 Å². The third kappa shape index (κ3) is 5.05. The Hall–Kier alpha value is -1.28. The van der Waals surface area contributed by atoms with Gasteiger partial charge >= 0.3 is 0 Å². The van der Waals surface area contributed by atoms with Gasteiger partial charge in [-0.1, -0.05) is 38.1 Å². The Labute approximate surface area is 104 Å². The normalized spacial score (nSPS) is 12.5. The molecule has 0 aromatic heterocycles. The van der Waals surface area contributed by atoms with Crippen molar-refractivity contribution in [2.24, 2.45) is 0 Å². The molecule has 0 aliphatic carbocycles.